The summed E-state index contributed by atoms with van der Waals surface area (Å²) in [6, 6.07) is 54.3. The molecular formula is C45H26ClN3O. The number of hydrogen-bond acceptors (Lipinski definition) is 4. The van der Waals surface area contributed by atoms with Crippen molar-refractivity contribution in [3.05, 3.63) is 163 Å². The Hall–Kier alpha value is -6.36. The van der Waals surface area contributed by atoms with Crippen molar-refractivity contribution in [2.24, 2.45) is 0 Å². The molecule has 0 amide bonds. The molecule has 0 radical (unpaired) electrons. The Balaban J connectivity index is 1.19. The van der Waals surface area contributed by atoms with Gasteiger partial charge in [-0.3, -0.25) is 0 Å². The third-order valence-corrected chi connectivity index (χ3v) is 9.77. The molecule has 0 aliphatic rings. The number of hydrogen-bond donors (Lipinski definition) is 0. The first-order valence-electron chi connectivity index (χ1n) is 16.5. The number of rotatable bonds is 4. The molecule has 4 nitrogen and oxygen atoms in total. The van der Waals surface area contributed by atoms with Crippen LogP contribution in [0.2, 0.25) is 5.02 Å². The van der Waals surface area contributed by atoms with Gasteiger partial charge in [-0.1, -0.05) is 127 Å². The molecule has 0 atom stereocenters. The van der Waals surface area contributed by atoms with Crippen molar-refractivity contribution < 1.29 is 4.42 Å². The van der Waals surface area contributed by atoms with Crippen molar-refractivity contribution in [1.82, 2.24) is 15.0 Å². The van der Waals surface area contributed by atoms with Crippen molar-refractivity contribution in [3.8, 4) is 45.3 Å². The average Bonchev–Trinajstić information content (AvgIpc) is 3.56. The fraction of sp³-hybridized carbons (Fsp3) is 0. The normalized spacial score (nSPS) is 11.7. The van der Waals surface area contributed by atoms with Crippen molar-refractivity contribution in [3.63, 3.8) is 0 Å². The summed E-state index contributed by atoms with van der Waals surface area (Å²) in [7, 11) is 0. The third-order valence-electron chi connectivity index (χ3n) is 9.54. The third kappa shape index (κ3) is 4.80. The van der Waals surface area contributed by atoms with Crippen molar-refractivity contribution >= 4 is 65.9 Å². The van der Waals surface area contributed by atoms with E-state index in [1.807, 2.05) is 30.3 Å². The maximum absolute atomic E-state index is 6.45. The highest BCUT2D eigenvalue weighted by Crippen LogP contribution is 2.38. The number of nitrogens with zero attached hydrogens (tertiary/aromatic N) is 3. The molecule has 0 aliphatic heterocycles. The fourth-order valence-electron chi connectivity index (χ4n) is 7.09. The summed E-state index contributed by atoms with van der Waals surface area (Å²) < 4.78 is 6.22. The smallest absolute Gasteiger partial charge is 0.164 e. The molecule has 8 aromatic carbocycles. The van der Waals surface area contributed by atoms with Crippen LogP contribution in [0.5, 0.6) is 0 Å². The molecule has 2 aromatic heterocycles. The zero-order valence-electron chi connectivity index (χ0n) is 26.6. The zero-order chi connectivity index (χ0) is 33.2. The molecule has 0 fully saturated rings. The highest BCUT2D eigenvalue weighted by atomic mass is 35.5. The summed E-state index contributed by atoms with van der Waals surface area (Å²) in [4.78, 5) is 15.4. The van der Waals surface area contributed by atoms with Gasteiger partial charge < -0.3 is 4.42 Å². The minimum Gasteiger partial charge on any atom is -0.456 e. The van der Waals surface area contributed by atoms with Gasteiger partial charge in [0.25, 0.3) is 0 Å². The van der Waals surface area contributed by atoms with Gasteiger partial charge in [-0.25, -0.2) is 15.0 Å². The zero-order valence-corrected chi connectivity index (χ0v) is 27.4. The van der Waals surface area contributed by atoms with E-state index in [2.05, 4.69) is 127 Å². The number of aromatic nitrogens is 3. The van der Waals surface area contributed by atoms with Crippen LogP contribution in [-0.2, 0) is 0 Å². The molecule has 234 valence electrons. The Morgan fingerprint density at radius 2 is 0.960 bits per heavy atom. The van der Waals surface area contributed by atoms with Crippen LogP contribution in [0.4, 0.5) is 0 Å². The Kier molecular flexibility index (Phi) is 6.51. The molecule has 10 aromatic rings. The van der Waals surface area contributed by atoms with E-state index in [9.17, 15) is 0 Å². The van der Waals surface area contributed by atoms with Crippen LogP contribution in [0.15, 0.2) is 162 Å². The van der Waals surface area contributed by atoms with E-state index in [0.29, 0.717) is 22.5 Å². The largest absolute Gasteiger partial charge is 0.456 e. The van der Waals surface area contributed by atoms with E-state index in [4.69, 9.17) is 31.0 Å². The van der Waals surface area contributed by atoms with Gasteiger partial charge in [0.2, 0.25) is 0 Å². The van der Waals surface area contributed by atoms with E-state index in [0.717, 1.165) is 65.9 Å². The summed E-state index contributed by atoms with van der Waals surface area (Å²) in [5, 5.41) is 9.58. The van der Waals surface area contributed by atoms with E-state index < -0.39 is 0 Å². The van der Waals surface area contributed by atoms with Gasteiger partial charge in [-0.05, 0) is 85.9 Å². The van der Waals surface area contributed by atoms with Gasteiger partial charge in [0.1, 0.15) is 11.2 Å². The summed E-state index contributed by atoms with van der Waals surface area (Å²) in [5.41, 5.74) is 6.58. The maximum Gasteiger partial charge on any atom is 0.164 e. The first-order valence-corrected chi connectivity index (χ1v) is 16.9. The molecule has 10 rings (SSSR count). The predicted octanol–water partition coefficient (Wildman–Crippen LogP) is 12.6. The van der Waals surface area contributed by atoms with Crippen LogP contribution in [0.3, 0.4) is 0 Å². The summed E-state index contributed by atoms with van der Waals surface area (Å²) in [5.74, 6) is 1.82. The molecule has 5 heteroatoms. The Morgan fingerprint density at radius 1 is 0.360 bits per heavy atom. The second-order valence-electron chi connectivity index (χ2n) is 12.6. The highest BCUT2D eigenvalue weighted by Gasteiger charge is 2.17. The van der Waals surface area contributed by atoms with Crippen molar-refractivity contribution in [2.45, 2.75) is 0 Å². The lowest BCUT2D eigenvalue weighted by molar-refractivity contribution is 0.669. The number of halogens is 1. The molecule has 2 heterocycles. The monoisotopic (exact) mass is 659 g/mol. The molecule has 0 spiro atoms. The minimum absolute atomic E-state index is 0.596. The number of fused-ring (bicyclic) bond motifs is 8. The Morgan fingerprint density at radius 3 is 1.82 bits per heavy atom. The van der Waals surface area contributed by atoms with Gasteiger partial charge >= 0.3 is 0 Å². The van der Waals surface area contributed by atoms with Crippen LogP contribution >= 0.6 is 11.6 Å². The van der Waals surface area contributed by atoms with E-state index >= 15 is 0 Å². The van der Waals surface area contributed by atoms with Crippen molar-refractivity contribution in [2.75, 3.05) is 0 Å². The van der Waals surface area contributed by atoms with E-state index in [1.54, 1.807) is 0 Å². The highest BCUT2D eigenvalue weighted by molar-refractivity contribution is 6.32. The van der Waals surface area contributed by atoms with Crippen LogP contribution in [0.25, 0.3) is 99.5 Å². The first kappa shape index (κ1) is 28.6. The lowest BCUT2D eigenvalue weighted by Gasteiger charge is -2.11. The van der Waals surface area contributed by atoms with E-state index in [-0.39, 0.29) is 0 Å². The standard InChI is InChI=1S/C45H26ClN3O/c46-35-19-22-40-39(26-35)42-38-25-34(16-14-29(38)18-21-41(42)50-40)45-48-43(32-11-6-10-30(23-32)27-7-2-1-3-8-27)47-44(49-45)33-17-20-37-31(24-33)15-13-28-9-4-5-12-36(28)37/h1-26H. The molecule has 0 saturated heterocycles. The maximum atomic E-state index is 6.45. The summed E-state index contributed by atoms with van der Waals surface area (Å²) in [6.45, 7) is 0. The molecule has 0 bridgehead atoms. The molecule has 0 unspecified atom stereocenters. The van der Waals surface area contributed by atoms with Crippen molar-refractivity contribution in [1.29, 1.82) is 0 Å². The van der Waals surface area contributed by atoms with Gasteiger partial charge in [0.15, 0.2) is 17.5 Å². The van der Waals surface area contributed by atoms with Crippen LogP contribution in [0, 0.1) is 0 Å². The lowest BCUT2D eigenvalue weighted by atomic mass is 9.99. The number of benzene rings is 8. The fourth-order valence-corrected chi connectivity index (χ4v) is 7.26. The molecule has 0 saturated carbocycles. The SMILES string of the molecule is Clc1ccc2oc3ccc4ccc(-c5nc(-c6cccc(-c7ccccc7)c6)nc(-c6ccc7c(ccc8ccccc87)c6)n5)cc4c3c2c1. The van der Waals surface area contributed by atoms with E-state index in [1.165, 1.54) is 16.2 Å². The van der Waals surface area contributed by atoms with Crippen LogP contribution < -0.4 is 0 Å². The van der Waals surface area contributed by atoms with Gasteiger partial charge in [-0.15, -0.1) is 0 Å². The summed E-state index contributed by atoms with van der Waals surface area (Å²) in [6.07, 6.45) is 0. The molecule has 0 N–H and O–H groups in total. The number of furan rings is 1. The predicted molar refractivity (Wildman–Crippen MR) is 206 cm³/mol. The second-order valence-corrected chi connectivity index (χ2v) is 13.0. The van der Waals surface area contributed by atoms with Crippen LogP contribution in [0.1, 0.15) is 0 Å². The van der Waals surface area contributed by atoms with Gasteiger partial charge in [0, 0.05) is 32.5 Å². The second kappa shape index (κ2) is 11.4. The molecule has 50 heavy (non-hydrogen) atoms. The van der Waals surface area contributed by atoms with Gasteiger partial charge in [-0.2, -0.15) is 0 Å². The topological polar surface area (TPSA) is 51.8 Å². The average molecular weight is 660 g/mol. The Labute approximate surface area is 292 Å². The van der Waals surface area contributed by atoms with Crippen LogP contribution in [-0.4, -0.2) is 15.0 Å². The lowest BCUT2D eigenvalue weighted by Crippen LogP contribution is -2.00. The first-order chi connectivity index (χ1) is 24.6. The quantitative estimate of drug-likeness (QED) is 0.176. The molecule has 0 aliphatic carbocycles. The minimum atomic E-state index is 0.596. The van der Waals surface area contributed by atoms with Gasteiger partial charge in [0.05, 0.1) is 0 Å². The summed E-state index contributed by atoms with van der Waals surface area (Å²) >= 11 is 6.45. The molecular weight excluding hydrogens is 634 g/mol. The Bertz CT molecular complexity index is 2950.